The highest BCUT2D eigenvalue weighted by Gasteiger charge is 2.25. The first kappa shape index (κ1) is 9.95. The Kier molecular flexibility index (Phi) is 2.85. The van der Waals surface area contributed by atoms with E-state index in [1.165, 1.54) is 0 Å². The summed E-state index contributed by atoms with van der Waals surface area (Å²) < 4.78 is 1.60. The summed E-state index contributed by atoms with van der Waals surface area (Å²) >= 11 is 0. The number of aliphatic hydroxyl groups is 1. The predicted molar refractivity (Wildman–Crippen MR) is 52.1 cm³/mol. The predicted octanol–water partition coefficient (Wildman–Crippen LogP) is 0.192. The Morgan fingerprint density at radius 1 is 1.85 bits per heavy atom. The number of aliphatic hydroxyl groups excluding tert-OH is 1. The normalized spacial score (nSPS) is 15.3. The van der Waals surface area contributed by atoms with Crippen LogP contribution in [0.1, 0.15) is 12.5 Å². The fourth-order valence-corrected chi connectivity index (χ4v) is 1.02. The molecule has 0 fully saturated rings. The lowest BCUT2D eigenvalue weighted by Crippen LogP contribution is -2.35. The molecule has 0 saturated heterocycles. The molecule has 1 unspecified atom stereocenters. The highest BCUT2D eigenvalue weighted by Crippen LogP contribution is 2.20. The van der Waals surface area contributed by atoms with Crippen LogP contribution in [0.2, 0.25) is 0 Å². The molecule has 1 heterocycles. The van der Waals surface area contributed by atoms with Crippen molar-refractivity contribution in [1.82, 2.24) is 9.78 Å². The van der Waals surface area contributed by atoms with Gasteiger partial charge in [0.25, 0.3) is 0 Å². The number of nitrogens with zero attached hydrogens (tertiary/aromatic N) is 2. The van der Waals surface area contributed by atoms with Gasteiger partial charge in [-0.2, -0.15) is 5.10 Å². The number of rotatable bonds is 4. The molecule has 4 heteroatoms. The van der Waals surface area contributed by atoms with Crippen molar-refractivity contribution in [2.45, 2.75) is 12.3 Å². The zero-order valence-corrected chi connectivity index (χ0v) is 7.77. The Morgan fingerprint density at radius 3 is 2.92 bits per heavy atom. The van der Waals surface area contributed by atoms with E-state index in [1.54, 1.807) is 17.1 Å². The summed E-state index contributed by atoms with van der Waals surface area (Å²) in [7, 11) is 0. The van der Waals surface area contributed by atoms with Crippen molar-refractivity contribution in [2.24, 2.45) is 5.73 Å². The first-order valence-electron chi connectivity index (χ1n) is 4.14. The van der Waals surface area contributed by atoms with E-state index in [9.17, 15) is 5.11 Å². The van der Waals surface area contributed by atoms with E-state index in [0.29, 0.717) is 6.54 Å². The zero-order chi connectivity index (χ0) is 9.90. The van der Waals surface area contributed by atoms with Crippen LogP contribution >= 0.6 is 0 Å². The highest BCUT2D eigenvalue weighted by molar-refractivity contribution is 5.24. The van der Waals surface area contributed by atoms with Crippen LogP contribution in [0.25, 0.3) is 6.20 Å². The van der Waals surface area contributed by atoms with Gasteiger partial charge >= 0.3 is 0 Å². The number of hydrogen-bond acceptors (Lipinski definition) is 3. The molecule has 0 spiro atoms. The summed E-state index contributed by atoms with van der Waals surface area (Å²) in [4.78, 5) is 0. The summed E-state index contributed by atoms with van der Waals surface area (Å²) in [6.07, 6.45) is 5.11. The van der Waals surface area contributed by atoms with Gasteiger partial charge in [-0.3, -0.25) is 0 Å². The summed E-state index contributed by atoms with van der Waals surface area (Å²) in [5.74, 6) is 0. The summed E-state index contributed by atoms with van der Waals surface area (Å²) in [6, 6.07) is 0. The molecule has 0 aromatic carbocycles. The molecule has 0 aliphatic heterocycles. The second kappa shape index (κ2) is 3.72. The highest BCUT2D eigenvalue weighted by atomic mass is 16.3. The van der Waals surface area contributed by atoms with Gasteiger partial charge < -0.3 is 10.8 Å². The summed E-state index contributed by atoms with van der Waals surface area (Å²) in [6.45, 7) is 5.90. The molecular formula is C9H15N3O. The molecule has 0 aliphatic rings. The molecule has 13 heavy (non-hydrogen) atoms. The second-order valence-corrected chi connectivity index (χ2v) is 3.31. The van der Waals surface area contributed by atoms with Gasteiger partial charge in [0.1, 0.15) is 0 Å². The number of nitrogens with two attached hydrogens (primary N) is 1. The van der Waals surface area contributed by atoms with Crippen molar-refractivity contribution in [3.8, 4) is 0 Å². The topological polar surface area (TPSA) is 64.1 Å². The Labute approximate surface area is 77.7 Å². The van der Waals surface area contributed by atoms with E-state index >= 15 is 0 Å². The van der Waals surface area contributed by atoms with Crippen LogP contribution < -0.4 is 5.73 Å². The monoisotopic (exact) mass is 181 g/mol. The van der Waals surface area contributed by atoms with Crippen LogP contribution in [0.15, 0.2) is 19.0 Å². The van der Waals surface area contributed by atoms with Crippen LogP contribution in [0.4, 0.5) is 0 Å². The Bertz CT molecular complexity index is 289. The third-order valence-corrected chi connectivity index (χ3v) is 2.28. The van der Waals surface area contributed by atoms with E-state index < -0.39 is 5.41 Å². The Hall–Kier alpha value is -1.13. The largest absolute Gasteiger partial charge is 0.395 e. The molecule has 4 nitrogen and oxygen atoms in total. The maximum atomic E-state index is 9.18. The van der Waals surface area contributed by atoms with Crippen molar-refractivity contribution in [2.75, 3.05) is 13.2 Å². The maximum Gasteiger partial charge on any atom is 0.0538 e. The minimum Gasteiger partial charge on any atom is -0.395 e. The summed E-state index contributed by atoms with van der Waals surface area (Å²) in [5.41, 5.74) is 6.10. The van der Waals surface area contributed by atoms with Crippen LogP contribution in [0.3, 0.4) is 0 Å². The average Bonchev–Trinajstić information content (AvgIpc) is 2.65. The van der Waals surface area contributed by atoms with Gasteiger partial charge in [-0.15, -0.1) is 0 Å². The molecule has 0 bridgehead atoms. The molecule has 0 amide bonds. The van der Waals surface area contributed by atoms with Crippen LogP contribution in [-0.2, 0) is 5.41 Å². The molecule has 1 atom stereocenters. The Balaban J connectivity index is 2.98. The van der Waals surface area contributed by atoms with Crippen molar-refractivity contribution in [1.29, 1.82) is 0 Å². The van der Waals surface area contributed by atoms with Gasteiger partial charge in [0.15, 0.2) is 0 Å². The molecule has 0 aliphatic carbocycles. The SMILES string of the molecule is C=Cn1cc(C(C)(CN)CO)cn1. The maximum absolute atomic E-state index is 9.18. The fraction of sp³-hybridized carbons (Fsp3) is 0.444. The van der Waals surface area contributed by atoms with Crippen molar-refractivity contribution < 1.29 is 5.11 Å². The molecule has 1 aromatic rings. The molecule has 1 rings (SSSR count). The second-order valence-electron chi connectivity index (χ2n) is 3.31. The Morgan fingerprint density at radius 2 is 2.54 bits per heavy atom. The third kappa shape index (κ3) is 1.79. The van der Waals surface area contributed by atoms with Gasteiger partial charge in [0.2, 0.25) is 0 Å². The van der Waals surface area contributed by atoms with Gasteiger partial charge in [0, 0.05) is 24.4 Å². The average molecular weight is 181 g/mol. The van der Waals surface area contributed by atoms with E-state index in [0.717, 1.165) is 5.56 Å². The van der Waals surface area contributed by atoms with Crippen LogP contribution in [0, 0.1) is 0 Å². The molecule has 0 saturated carbocycles. The first-order chi connectivity index (χ1) is 6.16. The van der Waals surface area contributed by atoms with E-state index in [-0.39, 0.29) is 6.61 Å². The lowest BCUT2D eigenvalue weighted by molar-refractivity contribution is 0.210. The zero-order valence-electron chi connectivity index (χ0n) is 7.77. The number of aromatic nitrogens is 2. The van der Waals surface area contributed by atoms with E-state index in [4.69, 9.17) is 5.73 Å². The first-order valence-corrected chi connectivity index (χ1v) is 4.14. The molecule has 72 valence electrons. The third-order valence-electron chi connectivity index (χ3n) is 2.28. The molecule has 1 aromatic heterocycles. The van der Waals surface area contributed by atoms with E-state index in [2.05, 4.69) is 11.7 Å². The molecule has 0 radical (unpaired) electrons. The molecular weight excluding hydrogens is 166 g/mol. The van der Waals surface area contributed by atoms with Gasteiger partial charge in [-0.05, 0) is 5.56 Å². The smallest absolute Gasteiger partial charge is 0.0538 e. The summed E-state index contributed by atoms with van der Waals surface area (Å²) in [5, 5.41) is 13.2. The van der Waals surface area contributed by atoms with E-state index in [1.807, 2.05) is 13.1 Å². The van der Waals surface area contributed by atoms with Gasteiger partial charge in [-0.1, -0.05) is 13.5 Å². The lowest BCUT2D eigenvalue weighted by Gasteiger charge is -2.23. The minimum absolute atomic E-state index is 0.0202. The van der Waals surface area contributed by atoms with Crippen molar-refractivity contribution >= 4 is 6.20 Å². The van der Waals surface area contributed by atoms with Gasteiger partial charge in [0.05, 0.1) is 12.8 Å². The molecule has 3 N–H and O–H groups in total. The standard InChI is InChI=1S/C9H15N3O/c1-3-12-5-8(4-11-12)9(2,6-10)7-13/h3-5,13H,1,6-7,10H2,2H3. The van der Waals surface area contributed by atoms with Crippen molar-refractivity contribution in [3.63, 3.8) is 0 Å². The van der Waals surface area contributed by atoms with Gasteiger partial charge in [-0.25, -0.2) is 4.68 Å². The van der Waals surface area contributed by atoms with Crippen LogP contribution in [0.5, 0.6) is 0 Å². The fourth-order valence-electron chi connectivity index (χ4n) is 1.02. The minimum atomic E-state index is -0.402. The lowest BCUT2D eigenvalue weighted by atomic mass is 9.86. The number of hydrogen-bond donors (Lipinski definition) is 2. The quantitative estimate of drug-likeness (QED) is 0.697. The van der Waals surface area contributed by atoms with Crippen LogP contribution in [-0.4, -0.2) is 28.0 Å². The van der Waals surface area contributed by atoms with Crippen molar-refractivity contribution in [3.05, 3.63) is 24.5 Å².